The number of anilines is 1. The molecule has 0 atom stereocenters. The average molecular weight is 271 g/mol. The van der Waals surface area contributed by atoms with E-state index in [1.165, 1.54) is 5.56 Å². The summed E-state index contributed by atoms with van der Waals surface area (Å²) in [5, 5.41) is 4.09. The van der Waals surface area contributed by atoms with Crippen molar-refractivity contribution in [3.05, 3.63) is 51.7 Å². The fourth-order valence-electron chi connectivity index (χ4n) is 2.43. The van der Waals surface area contributed by atoms with Crippen LogP contribution in [0.5, 0.6) is 0 Å². The third-order valence-corrected chi connectivity index (χ3v) is 4.13. The summed E-state index contributed by atoms with van der Waals surface area (Å²) in [7, 11) is 0. The van der Waals surface area contributed by atoms with E-state index in [4.69, 9.17) is 0 Å². The summed E-state index contributed by atoms with van der Waals surface area (Å²) in [5.41, 5.74) is 3.50. The molecule has 1 aliphatic heterocycles. The molecule has 1 aromatic carbocycles. The number of benzene rings is 1. The molecule has 4 heteroatoms. The minimum Gasteiger partial charge on any atom is -0.304 e. The molecular weight excluding hydrogens is 258 g/mol. The van der Waals surface area contributed by atoms with Crippen molar-refractivity contribution in [3.63, 3.8) is 0 Å². The van der Waals surface area contributed by atoms with Gasteiger partial charge in [0.2, 0.25) is 0 Å². The largest absolute Gasteiger partial charge is 0.304 e. The molecule has 19 heavy (non-hydrogen) atoms. The first-order valence-corrected chi connectivity index (χ1v) is 7.09. The minimum absolute atomic E-state index is 0.385. The Kier molecular flexibility index (Phi) is 2.95. The molecule has 0 N–H and O–H groups in total. The van der Waals surface area contributed by atoms with E-state index in [1.807, 2.05) is 30.5 Å². The highest BCUT2D eigenvalue weighted by molar-refractivity contribution is 7.07. The molecule has 0 fully saturated rings. The van der Waals surface area contributed by atoms with E-state index >= 15 is 0 Å². The molecule has 0 saturated heterocycles. The van der Waals surface area contributed by atoms with Crippen LogP contribution in [0.3, 0.4) is 0 Å². The van der Waals surface area contributed by atoms with Crippen molar-refractivity contribution >= 4 is 28.7 Å². The number of hydrogen-bond acceptors (Lipinski definition) is 3. The van der Waals surface area contributed by atoms with Crippen molar-refractivity contribution in [2.24, 2.45) is 0 Å². The number of amides is 1. The van der Waals surface area contributed by atoms with Crippen LogP contribution in [0.25, 0.3) is 0 Å². The van der Waals surface area contributed by atoms with Crippen LogP contribution in [0.1, 0.15) is 21.5 Å². The standard InChI is InChI=1S/C15H13NO2S/c1-10-3-2-4-12-13(10)16(15(18)14(12)17)7-5-11-6-8-19-9-11/h2-4,6,8-9H,5,7H2,1H3. The van der Waals surface area contributed by atoms with Gasteiger partial charge in [0.15, 0.2) is 0 Å². The molecule has 3 nitrogen and oxygen atoms in total. The van der Waals surface area contributed by atoms with E-state index in [0.29, 0.717) is 12.1 Å². The molecule has 2 aromatic rings. The molecule has 1 amide bonds. The van der Waals surface area contributed by atoms with Crippen LogP contribution in [-0.4, -0.2) is 18.2 Å². The molecule has 0 saturated carbocycles. The zero-order valence-corrected chi connectivity index (χ0v) is 11.4. The highest BCUT2D eigenvalue weighted by Gasteiger charge is 2.36. The number of Topliss-reactive ketones (excluding diaryl/α,β-unsaturated/α-hetero) is 1. The predicted octanol–water partition coefficient (Wildman–Crippen LogP) is 2.83. The Morgan fingerprint density at radius 2 is 2.05 bits per heavy atom. The Morgan fingerprint density at radius 1 is 1.21 bits per heavy atom. The summed E-state index contributed by atoms with van der Waals surface area (Å²) < 4.78 is 0. The number of para-hydroxylation sites is 1. The maximum absolute atomic E-state index is 12.1. The van der Waals surface area contributed by atoms with Crippen molar-refractivity contribution in [2.45, 2.75) is 13.3 Å². The highest BCUT2D eigenvalue weighted by Crippen LogP contribution is 2.32. The third-order valence-electron chi connectivity index (χ3n) is 3.40. The maximum atomic E-state index is 12.1. The Hall–Kier alpha value is -1.94. The number of ketones is 1. The predicted molar refractivity (Wildman–Crippen MR) is 75.9 cm³/mol. The number of aryl methyl sites for hydroxylation is 1. The Morgan fingerprint density at radius 3 is 2.79 bits per heavy atom. The van der Waals surface area contributed by atoms with Gasteiger partial charge in [-0.15, -0.1) is 0 Å². The quantitative estimate of drug-likeness (QED) is 0.805. The van der Waals surface area contributed by atoms with Crippen LogP contribution in [0.4, 0.5) is 5.69 Å². The first kappa shape index (κ1) is 12.1. The lowest BCUT2D eigenvalue weighted by Crippen LogP contribution is -2.31. The zero-order chi connectivity index (χ0) is 13.4. The molecule has 2 heterocycles. The third kappa shape index (κ3) is 1.98. The number of thiophene rings is 1. The van der Waals surface area contributed by atoms with Gasteiger partial charge in [-0.25, -0.2) is 0 Å². The Bertz CT molecular complexity index is 646. The van der Waals surface area contributed by atoms with Crippen molar-refractivity contribution in [2.75, 3.05) is 11.4 Å². The van der Waals surface area contributed by atoms with Gasteiger partial charge in [-0.3, -0.25) is 9.59 Å². The van der Waals surface area contributed by atoms with E-state index in [1.54, 1.807) is 22.3 Å². The lowest BCUT2D eigenvalue weighted by atomic mass is 10.1. The number of nitrogens with zero attached hydrogens (tertiary/aromatic N) is 1. The second kappa shape index (κ2) is 4.63. The fourth-order valence-corrected chi connectivity index (χ4v) is 3.13. The lowest BCUT2D eigenvalue weighted by molar-refractivity contribution is -0.114. The molecule has 0 unspecified atom stereocenters. The first-order valence-electron chi connectivity index (χ1n) is 6.15. The van der Waals surface area contributed by atoms with Crippen LogP contribution in [0.15, 0.2) is 35.0 Å². The summed E-state index contributed by atoms with van der Waals surface area (Å²) in [6.45, 7) is 2.49. The second-order valence-corrected chi connectivity index (χ2v) is 5.42. The van der Waals surface area contributed by atoms with Crippen molar-refractivity contribution in [1.29, 1.82) is 0 Å². The van der Waals surface area contributed by atoms with E-state index < -0.39 is 5.91 Å². The van der Waals surface area contributed by atoms with Gasteiger partial charge in [-0.1, -0.05) is 12.1 Å². The molecule has 0 bridgehead atoms. The van der Waals surface area contributed by atoms with Gasteiger partial charge in [-0.05, 0) is 47.4 Å². The number of hydrogen-bond donors (Lipinski definition) is 0. The molecule has 0 aliphatic carbocycles. The average Bonchev–Trinajstić information content (AvgIpc) is 2.99. The van der Waals surface area contributed by atoms with E-state index in [2.05, 4.69) is 5.38 Å². The van der Waals surface area contributed by atoms with Crippen molar-refractivity contribution in [1.82, 2.24) is 0 Å². The van der Waals surface area contributed by atoms with Crippen molar-refractivity contribution < 1.29 is 9.59 Å². The van der Waals surface area contributed by atoms with Gasteiger partial charge in [0.1, 0.15) is 0 Å². The van der Waals surface area contributed by atoms with Crippen LogP contribution in [0, 0.1) is 6.92 Å². The molecule has 1 aromatic heterocycles. The molecule has 0 spiro atoms. The monoisotopic (exact) mass is 271 g/mol. The summed E-state index contributed by atoms with van der Waals surface area (Å²) in [6.07, 6.45) is 0.774. The Balaban J connectivity index is 1.90. The van der Waals surface area contributed by atoms with Gasteiger partial charge < -0.3 is 4.90 Å². The van der Waals surface area contributed by atoms with Gasteiger partial charge in [0.25, 0.3) is 11.7 Å². The smallest absolute Gasteiger partial charge is 0.299 e. The second-order valence-electron chi connectivity index (χ2n) is 4.64. The van der Waals surface area contributed by atoms with Crippen LogP contribution in [-0.2, 0) is 11.2 Å². The van der Waals surface area contributed by atoms with E-state index in [-0.39, 0.29) is 5.78 Å². The van der Waals surface area contributed by atoms with E-state index in [9.17, 15) is 9.59 Å². The number of carbonyl (C=O) groups excluding carboxylic acids is 2. The zero-order valence-electron chi connectivity index (χ0n) is 10.6. The number of fused-ring (bicyclic) bond motifs is 1. The molecule has 1 aliphatic rings. The summed E-state index contributed by atoms with van der Waals surface area (Å²) in [6, 6.07) is 7.53. The lowest BCUT2D eigenvalue weighted by Gasteiger charge is -2.17. The first-order chi connectivity index (χ1) is 9.18. The van der Waals surface area contributed by atoms with Gasteiger partial charge in [0, 0.05) is 6.54 Å². The van der Waals surface area contributed by atoms with E-state index in [0.717, 1.165) is 17.7 Å². The maximum Gasteiger partial charge on any atom is 0.299 e. The highest BCUT2D eigenvalue weighted by atomic mass is 32.1. The summed E-state index contributed by atoms with van der Waals surface area (Å²) in [5.74, 6) is -0.788. The van der Waals surface area contributed by atoms with Crippen molar-refractivity contribution in [3.8, 4) is 0 Å². The Labute approximate surface area is 115 Å². The van der Waals surface area contributed by atoms with Crippen LogP contribution in [0.2, 0.25) is 0 Å². The SMILES string of the molecule is Cc1cccc2c1N(CCc1ccsc1)C(=O)C2=O. The normalized spacial score (nSPS) is 14.1. The van der Waals surface area contributed by atoms with Gasteiger partial charge >= 0.3 is 0 Å². The van der Waals surface area contributed by atoms with Crippen LogP contribution < -0.4 is 4.90 Å². The summed E-state index contributed by atoms with van der Waals surface area (Å²) in [4.78, 5) is 25.6. The molecular formula is C15H13NO2S. The summed E-state index contributed by atoms with van der Waals surface area (Å²) >= 11 is 1.64. The topological polar surface area (TPSA) is 37.4 Å². The fraction of sp³-hybridized carbons (Fsp3) is 0.200. The molecule has 0 radical (unpaired) electrons. The number of rotatable bonds is 3. The minimum atomic E-state index is -0.403. The van der Waals surface area contributed by atoms with Gasteiger partial charge in [0.05, 0.1) is 11.3 Å². The molecule has 96 valence electrons. The number of carbonyl (C=O) groups is 2. The van der Waals surface area contributed by atoms with Crippen LogP contribution >= 0.6 is 11.3 Å². The molecule has 3 rings (SSSR count). The van der Waals surface area contributed by atoms with Gasteiger partial charge in [-0.2, -0.15) is 11.3 Å².